The van der Waals surface area contributed by atoms with Crippen LogP contribution in [0.1, 0.15) is 36.1 Å². The Morgan fingerprint density at radius 3 is 2.24 bits per heavy atom. The number of benzene rings is 2. The van der Waals surface area contributed by atoms with E-state index in [9.17, 15) is 0 Å². The van der Waals surface area contributed by atoms with E-state index in [1.165, 1.54) is 16.7 Å². The first-order valence-corrected chi connectivity index (χ1v) is 7.71. The minimum Gasteiger partial charge on any atom is -0.384 e. The fraction of sp³-hybridized carbons (Fsp3) is 0.368. The van der Waals surface area contributed by atoms with Gasteiger partial charge in [-0.3, -0.25) is 0 Å². The minimum atomic E-state index is 0.266. The summed E-state index contributed by atoms with van der Waals surface area (Å²) in [4.78, 5) is 0. The van der Waals surface area contributed by atoms with Crippen LogP contribution < -0.4 is 5.32 Å². The van der Waals surface area contributed by atoms with E-state index in [1.807, 2.05) is 0 Å². The zero-order chi connectivity index (χ0) is 14.9. The fourth-order valence-corrected chi connectivity index (χ4v) is 2.46. The van der Waals surface area contributed by atoms with Crippen molar-refractivity contribution in [3.05, 3.63) is 71.3 Å². The van der Waals surface area contributed by atoms with E-state index in [-0.39, 0.29) is 6.04 Å². The third kappa shape index (κ3) is 4.69. The van der Waals surface area contributed by atoms with Gasteiger partial charge in [0.1, 0.15) is 0 Å². The normalized spacial score (nSPS) is 12.3. The quantitative estimate of drug-likeness (QED) is 0.791. The van der Waals surface area contributed by atoms with Gasteiger partial charge in [0, 0.05) is 7.11 Å². The summed E-state index contributed by atoms with van der Waals surface area (Å²) in [5, 5.41) is 3.64. The van der Waals surface area contributed by atoms with Crippen LogP contribution in [0.15, 0.2) is 54.6 Å². The Kier molecular flexibility index (Phi) is 6.45. The van der Waals surface area contributed by atoms with Crippen molar-refractivity contribution >= 4 is 0 Å². The van der Waals surface area contributed by atoms with Crippen molar-refractivity contribution in [1.82, 2.24) is 5.32 Å². The van der Waals surface area contributed by atoms with Crippen molar-refractivity contribution < 1.29 is 4.74 Å². The molecule has 0 aliphatic heterocycles. The summed E-state index contributed by atoms with van der Waals surface area (Å²) in [5.41, 5.74) is 3.95. The SMILES string of the molecule is CCCNC(c1ccccc1)c1ccc(CCOC)cc1. The smallest absolute Gasteiger partial charge is 0.0576 e. The zero-order valence-electron chi connectivity index (χ0n) is 13.0. The monoisotopic (exact) mass is 283 g/mol. The van der Waals surface area contributed by atoms with Crippen molar-refractivity contribution in [1.29, 1.82) is 0 Å². The summed E-state index contributed by atoms with van der Waals surface area (Å²) in [6, 6.07) is 19.8. The molecule has 21 heavy (non-hydrogen) atoms. The molecule has 0 fully saturated rings. The molecule has 1 N–H and O–H groups in total. The number of rotatable bonds is 8. The van der Waals surface area contributed by atoms with Crippen LogP contribution >= 0.6 is 0 Å². The van der Waals surface area contributed by atoms with E-state index in [1.54, 1.807) is 7.11 Å². The Morgan fingerprint density at radius 1 is 0.952 bits per heavy atom. The molecule has 0 amide bonds. The Bertz CT molecular complexity index is 507. The predicted octanol–water partition coefficient (Wildman–Crippen LogP) is 3.96. The van der Waals surface area contributed by atoms with Crippen LogP contribution in [-0.4, -0.2) is 20.3 Å². The van der Waals surface area contributed by atoms with Crippen LogP contribution in [0.2, 0.25) is 0 Å². The van der Waals surface area contributed by atoms with E-state index in [0.717, 1.165) is 26.0 Å². The van der Waals surface area contributed by atoms with E-state index in [4.69, 9.17) is 4.74 Å². The van der Waals surface area contributed by atoms with Crippen LogP contribution in [0.4, 0.5) is 0 Å². The van der Waals surface area contributed by atoms with Gasteiger partial charge < -0.3 is 10.1 Å². The maximum Gasteiger partial charge on any atom is 0.0576 e. The molecule has 1 atom stereocenters. The van der Waals surface area contributed by atoms with Crippen molar-refractivity contribution in [3.63, 3.8) is 0 Å². The van der Waals surface area contributed by atoms with Crippen molar-refractivity contribution in [2.45, 2.75) is 25.8 Å². The average Bonchev–Trinajstić information content (AvgIpc) is 2.55. The van der Waals surface area contributed by atoms with Crippen LogP contribution in [0.25, 0.3) is 0 Å². The van der Waals surface area contributed by atoms with Gasteiger partial charge in [-0.15, -0.1) is 0 Å². The molecule has 0 radical (unpaired) electrons. The number of nitrogens with one attached hydrogen (secondary N) is 1. The molecule has 2 rings (SSSR count). The summed E-state index contributed by atoms with van der Waals surface area (Å²) in [7, 11) is 1.74. The summed E-state index contributed by atoms with van der Waals surface area (Å²) in [5.74, 6) is 0. The lowest BCUT2D eigenvalue weighted by atomic mass is 9.97. The van der Waals surface area contributed by atoms with Crippen LogP contribution in [0, 0.1) is 0 Å². The molecule has 112 valence electrons. The number of ether oxygens (including phenoxy) is 1. The summed E-state index contributed by atoms with van der Waals surface area (Å²) < 4.78 is 5.13. The highest BCUT2D eigenvalue weighted by molar-refractivity contribution is 5.33. The molecule has 0 saturated carbocycles. The first-order chi connectivity index (χ1) is 10.3. The van der Waals surface area contributed by atoms with E-state index in [0.29, 0.717) is 0 Å². The third-order valence-corrected chi connectivity index (χ3v) is 3.64. The largest absolute Gasteiger partial charge is 0.384 e. The number of methoxy groups -OCH3 is 1. The van der Waals surface area contributed by atoms with Crippen molar-refractivity contribution in [3.8, 4) is 0 Å². The van der Waals surface area contributed by atoms with Crippen LogP contribution in [0.5, 0.6) is 0 Å². The molecule has 0 aliphatic rings. The van der Waals surface area contributed by atoms with E-state index >= 15 is 0 Å². The lowest BCUT2D eigenvalue weighted by Crippen LogP contribution is -2.23. The van der Waals surface area contributed by atoms with Crippen molar-refractivity contribution in [2.24, 2.45) is 0 Å². The Labute approximate surface area is 128 Å². The molecule has 0 aromatic heterocycles. The average molecular weight is 283 g/mol. The standard InChI is InChI=1S/C19H25NO/c1-3-14-20-19(17-7-5-4-6-8-17)18-11-9-16(10-12-18)13-15-21-2/h4-12,19-20H,3,13-15H2,1-2H3. The van der Waals surface area contributed by atoms with Gasteiger partial charge in [-0.1, -0.05) is 61.5 Å². The summed E-state index contributed by atoms with van der Waals surface area (Å²) in [6.07, 6.45) is 2.10. The number of hydrogen-bond donors (Lipinski definition) is 1. The molecule has 2 aromatic carbocycles. The Balaban J connectivity index is 2.16. The maximum absolute atomic E-state index is 5.13. The lowest BCUT2D eigenvalue weighted by molar-refractivity contribution is 0.202. The molecule has 1 unspecified atom stereocenters. The second kappa shape index (κ2) is 8.60. The molecule has 2 heteroatoms. The van der Waals surface area contributed by atoms with Gasteiger partial charge in [0.05, 0.1) is 12.6 Å². The molecule has 0 spiro atoms. The fourth-order valence-electron chi connectivity index (χ4n) is 2.46. The topological polar surface area (TPSA) is 21.3 Å². The van der Waals surface area contributed by atoms with Gasteiger partial charge in [0.2, 0.25) is 0 Å². The lowest BCUT2D eigenvalue weighted by Gasteiger charge is -2.20. The van der Waals surface area contributed by atoms with Gasteiger partial charge in [-0.05, 0) is 36.1 Å². The molecule has 0 heterocycles. The van der Waals surface area contributed by atoms with Crippen molar-refractivity contribution in [2.75, 3.05) is 20.3 Å². The number of hydrogen-bond acceptors (Lipinski definition) is 2. The van der Waals surface area contributed by atoms with Gasteiger partial charge in [-0.25, -0.2) is 0 Å². The van der Waals surface area contributed by atoms with Gasteiger partial charge in [-0.2, -0.15) is 0 Å². The first-order valence-electron chi connectivity index (χ1n) is 7.71. The highest BCUT2D eigenvalue weighted by Crippen LogP contribution is 2.22. The third-order valence-electron chi connectivity index (χ3n) is 3.64. The maximum atomic E-state index is 5.13. The highest BCUT2D eigenvalue weighted by atomic mass is 16.5. The predicted molar refractivity (Wildman–Crippen MR) is 88.6 cm³/mol. The Hall–Kier alpha value is -1.64. The van der Waals surface area contributed by atoms with Crippen LogP contribution in [-0.2, 0) is 11.2 Å². The molecule has 2 nitrogen and oxygen atoms in total. The second-order valence-electron chi connectivity index (χ2n) is 5.28. The zero-order valence-corrected chi connectivity index (χ0v) is 13.0. The molecule has 0 aliphatic carbocycles. The van der Waals surface area contributed by atoms with Crippen LogP contribution in [0.3, 0.4) is 0 Å². The molecule has 0 bridgehead atoms. The molecular weight excluding hydrogens is 258 g/mol. The van der Waals surface area contributed by atoms with Gasteiger partial charge in [0.25, 0.3) is 0 Å². The van der Waals surface area contributed by atoms with E-state index < -0.39 is 0 Å². The molecular formula is C19H25NO. The minimum absolute atomic E-state index is 0.266. The summed E-state index contributed by atoms with van der Waals surface area (Å²) >= 11 is 0. The molecule has 0 saturated heterocycles. The highest BCUT2D eigenvalue weighted by Gasteiger charge is 2.12. The Morgan fingerprint density at radius 2 is 1.62 bits per heavy atom. The first kappa shape index (κ1) is 15.7. The molecule has 2 aromatic rings. The van der Waals surface area contributed by atoms with Gasteiger partial charge >= 0.3 is 0 Å². The summed E-state index contributed by atoms with van der Waals surface area (Å²) in [6.45, 7) is 3.99. The second-order valence-corrected chi connectivity index (χ2v) is 5.28. The van der Waals surface area contributed by atoms with E-state index in [2.05, 4.69) is 66.8 Å². The van der Waals surface area contributed by atoms with Gasteiger partial charge in [0.15, 0.2) is 0 Å².